The molecule has 4 rings (SSSR count). The molecule has 2 aromatic rings. The molecule has 0 bridgehead atoms. The van der Waals surface area contributed by atoms with Crippen LogP contribution in [0.5, 0.6) is 0 Å². The molecule has 1 aromatic carbocycles. The van der Waals surface area contributed by atoms with E-state index in [0.717, 1.165) is 48.0 Å². The monoisotopic (exact) mass is 520 g/mol. The van der Waals surface area contributed by atoms with E-state index in [9.17, 15) is 4.79 Å². The molecule has 0 unspecified atom stereocenters. The molecule has 0 aliphatic carbocycles. The smallest absolute Gasteiger partial charge is 0.414 e. The van der Waals surface area contributed by atoms with Crippen molar-refractivity contribution in [3.63, 3.8) is 0 Å². The first-order valence-corrected chi connectivity index (χ1v) is 12.8. The normalized spacial score (nSPS) is 20.0. The lowest BCUT2D eigenvalue weighted by Crippen LogP contribution is -2.33. The van der Waals surface area contributed by atoms with Crippen molar-refractivity contribution >= 4 is 47.1 Å². The Morgan fingerprint density at radius 3 is 2.57 bits per heavy atom. The highest BCUT2D eigenvalue weighted by Gasteiger charge is 2.39. The van der Waals surface area contributed by atoms with Crippen LogP contribution in [0.25, 0.3) is 5.57 Å². The first kappa shape index (κ1) is 26.6. The summed E-state index contributed by atoms with van der Waals surface area (Å²) >= 11 is 3.01. The summed E-state index contributed by atoms with van der Waals surface area (Å²) in [5.74, 6) is -2.75. The molecule has 2 N–H and O–H groups in total. The number of aromatic nitrogens is 2. The van der Waals surface area contributed by atoms with Crippen LogP contribution in [-0.2, 0) is 14.3 Å². The summed E-state index contributed by atoms with van der Waals surface area (Å²) in [5.41, 5.74) is 3.36. The average molecular weight is 521 g/mol. The predicted octanol–water partition coefficient (Wildman–Crippen LogP) is 3.48. The summed E-state index contributed by atoms with van der Waals surface area (Å²) in [6.07, 6.45) is 3.82. The van der Waals surface area contributed by atoms with Crippen molar-refractivity contribution in [2.24, 2.45) is 0 Å². The topological polar surface area (TPSA) is 133 Å². The first-order valence-electron chi connectivity index (χ1n) is 11.1. The molecular weight excluding hydrogens is 492 g/mol. The van der Waals surface area contributed by atoms with Gasteiger partial charge in [0.15, 0.2) is 0 Å². The van der Waals surface area contributed by atoms with Gasteiger partial charge in [-0.2, -0.15) is 8.75 Å². The molecule has 188 valence electrons. The maximum atomic E-state index is 12.3. The van der Waals surface area contributed by atoms with Gasteiger partial charge in [-0.1, -0.05) is 36.4 Å². The lowest BCUT2D eigenvalue weighted by molar-refractivity contribution is -0.159. The number of carbonyl (C=O) groups is 3. The molecule has 10 nitrogen and oxygen atoms in total. The maximum absolute atomic E-state index is 12.3. The van der Waals surface area contributed by atoms with Gasteiger partial charge in [0.2, 0.25) is 0 Å². The Morgan fingerprint density at radius 1 is 1.20 bits per heavy atom. The molecule has 35 heavy (non-hydrogen) atoms. The highest BCUT2D eigenvalue weighted by Crippen LogP contribution is 2.33. The second-order valence-electron chi connectivity index (χ2n) is 8.14. The molecule has 1 aromatic heterocycles. The highest BCUT2D eigenvalue weighted by molar-refractivity contribution is 7.99. The Hall–Kier alpha value is -2.96. The molecule has 0 radical (unpaired) electrons. The summed E-state index contributed by atoms with van der Waals surface area (Å²) in [7, 11) is 2.14. The van der Waals surface area contributed by atoms with Crippen LogP contribution in [0, 0.1) is 0 Å². The summed E-state index contributed by atoms with van der Waals surface area (Å²) in [6.45, 7) is 4.77. The third-order valence-corrected chi connectivity index (χ3v) is 7.28. The Morgan fingerprint density at radius 2 is 1.91 bits per heavy atom. The Bertz CT molecular complexity index is 1050. The van der Waals surface area contributed by atoms with E-state index in [4.69, 9.17) is 24.5 Å². The van der Waals surface area contributed by atoms with Crippen molar-refractivity contribution in [3.05, 3.63) is 47.7 Å². The number of nitrogens with zero attached hydrogens (tertiary/aromatic N) is 4. The third kappa shape index (κ3) is 7.26. The van der Waals surface area contributed by atoms with E-state index < -0.39 is 11.9 Å². The number of rotatable bonds is 7. The van der Waals surface area contributed by atoms with Crippen LogP contribution in [0.15, 0.2) is 41.4 Å². The number of hydrogen-bond acceptors (Lipinski definition) is 9. The minimum absolute atomic E-state index is 0.0364. The van der Waals surface area contributed by atoms with Gasteiger partial charge in [-0.25, -0.2) is 14.4 Å². The van der Waals surface area contributed by atoms with Gasteiger partial charge in [0.25, 0.3) is 0 Å². The molecule has 1 amide bonds. The van der Waals surface area contributed by atoms with Crippen molar-refractivity contribution in [2.75, 3.05) is 32.4 Å². The Balaban J connectivity index is 0.000000509. The average Bonchev–Trinajstić information content (AvgIpc) is 3.42. The van der Waals surface area contributed by atoms with Gasteiger partial charge in [0.05, 0.1) is 17.8 Å². The number of aliphatic carboxylic acids is 2. The second kappa shape index (κ2) is 12.7. The number of likely N-dealkylation sites (N-methyl/N-ethyl adjacent to an activating group) is 1. The minimum Gasteiger partial charge on any atom is -0.473 e. The summed E-state index contributed by atoms with van der Waals surface area (Å²) in [6, 6.07) is 10.0. The van der Waals surface area contributed by atoms with Gasteiger partial charge < -0.3 is 24.7 Å². The Kier molecular flexibility index (Phi) is 9.64. The third-order valence-electron chi connectivity index (χ3n) is 5.59. The molecule has 3 heterocycles. The van der Waals surface area contributed by atoms with Gasteiger partial charge >= 0.3 is 18.0 Å². The zero-order valence-corrected chi connectivity index (χ0v) is 21.1. The zero-order chi connectivity index (χ0) is 25.4. The number of benzene rings is 1. The van der Waals surface area contributed by atoms with Crippen molar-refractivity contribution in [1.29, 1.82) is 0 Å². The molecule has 12 heteroatoms. The van der Waals surface area contributed by atoms with Crippen LogP contribution in [0.1, 0.15) is 37.1 Å². The standard InChI is InChI=1S/C21H26N4O2S2.C2H2O4/c1-15-19(16-8-4-3-5-9-16)27-21(26)25(15)12-7-13-28-20-18(22-29-23-20)17-10-6-11-24(2)14-17;3-1(4)2(5)6/h3-5,8-10,15,19H,6-7,11-14H2,1-2H3;(H,3,4)(H,5,6)/t15-,19-;/m1./s1. The summed E-state index contributed by atoms with van der Waals surface area (Å²) in [5, 5.41) is 15.8. The van der Waals surface area contributed by atoms with Crippen molar-refractivity contribution in [3.8, 4) is 0 Å². The number of ether oxygens (including phenoxy) is 1. The van der Waals surface area contributed by atoms with Crippen molar-refractivity contribution in [1.82, 2.24) is 18.5 Å². The van der Waals surface area contributed by atoms with Crippen LogP contribution in [0.3, 0.4) is 0 Å². The fraction of sp³-hybridized carbons (Fsp3) is 0.435. The quantitative estimate of drug-likeness (QED) is 0.317. The molecule has 1 saturated heterocycles. The van der Waals surface area contributed by atoms with Crippen LogP contribution < -0.4 is 0 Å². The number of carbonyl (C=O) groups excluding carboxylic acids is 1. The molecule has 2 atom stereocenters. The molecule has 0 saturated carbocycles. The van der Waals surface area contributed by atoms with Crippen LogP contribution in [0.2, 0.25) is 0 Å². The largest absolute Gasteiger partial charge is 0.473 e. The SMILES string of the molecule is C[C@@H]1[C@H](c2ccccc2)OC(=O)N1CCCSc1nsnc1C1=CCCN(C)C1.O=C(O)C(=O)O. The van der Waals surface area contributed by atoms with Gasteiger partial charge in [-0.15, -0.1) is 11.8 Å². The van der Waals surface area contributed by atoms with Crippen LogP contribution in [-0.4, -0.2) is 85.3 Å². The lowest BCUT2D eigenvalue weighted by Gasteiger charge is -2.22. The predicted molar refractivity (Wildman–Crippen MR) is 132 cm³/mol. The first-order chi connectivity index (χ1) is 16.8. The highest BCUT2D eigenvalue weighted by atomic mass is 32.2. The van der Waals surface area contributed by atoms with E-state index in [0.29, 0.717) is 6.54 Å². The summed E-state index contributed by atoms with van der Waals surface area (Å²) in [4.78, 5) is 34.7. The number of carboxylic acids is 2. The number of amides is 1. The fourth-order valence-corrected chi connectivity index (χ4v) is 5.46. The number of thioether (sulfide) groups is 1. The van der Waals surface area contributed by atoms with Gasteiger partial charge in [0.1, 0.15) is 16.8 Å². The molecule has 1 fully saturated rings. The molecule has 2 aliphatic rings. The Labute approximate surface area is 211 Å². The van der Waals surface area contributed by atoms with Gasteiger partial charge in [-0.3, -0.25) is 0 Å². The van der Waals surface area contributed by atoms with E-state index in [1.165, 1.54) is 17.3 Å². The van der Waals surface area contributed by atoms with E-state index in [-0.39, 0.29) is 18.2 Å². The van der Waals surface area contributed by atoms with Crippen molar-refractivity contribution in [2.45, 2.75) is 36.9 Å². The lowest BCUT2D eigenvalue weighted by atomic mass is 10.0. The molecular formula is C23H28N4O6S2. The molecule has 0 spiro atoms. The van der Waals surface area contributed by atoms with Gasteiger partial charge in [-0.05, 0) is 37.9 Å². The van der Waals surface area contributed by atoms with Crippen LogP contribution in [0.4, 0.5) is 4.79 Å². The van der Waals surface area contributed by atoms with E-state index in [2.05, 4.69) is 33.7 Å². The zero-order valence-electron chi connectivity index (χ0n) is 19.5. The van der Waals surface area contributed by atoms with E-state index in [1.54, 1.807) is 11.8 Å². The van der Waals surface area contributed by atoms with E-state index in [1.807, 2.05) is 35.2 Å². The number of hydrogen-bond donors (Lipinski definition) is 2. The number of carboxylic acid groups (broad SMARTS) is 2. The fourth-order valence-electron chi connectivity index (χ4n) is 3.83. The van der Waals surface area contributed by atoms with Gasteiger partial charge in [0, 0.05) is 25.4 Å². The minimum atomic E-state index is -1.82. The van der Waals surface area contributed by atoms with Crippen LogP contribution >= 0.6 is 23.5 Å². The number of cyclic esters (lactones) is 1. The summed E-state index contributed by atoms with van der Waals surface area (Å²) < 4.78 is 14.7. The molecule has 2 aliphatic heterocycles. The maximum Gasteiger partial charge on any atom is 0.414 e. The van der Waals surface area contributed by atoms with E-state index >= 15 is 0 Å². The van der Waals surface area contributed by atoms with Crippen molar-refractivity contribution < 1.29 is 29.3 Å². The second-order valence-corrected chi connectivity index (χ2v) is 9.75.